The summed E-state index contributed by atoms with van der Waals surface area (Å²) in [6, 6.07) is 3.04. The molecular weight excluding hydrogens is 328 g/mol. The number of rotatable bonds is 4. The molecule has 1 fully saturated rings. The first-order valence-electron chi connectivity index (χ1n) is 8.14. The molecule has 1 saturated heterocycles. The van der Waals surface area contributed by atoms with E-state index in [0.717, 1.165) is 25.0 Å². The van der Waals surface area contributed by atoms with Crippen LogP contribution < -0.4 is 5.43 Å². The van der Waals surface area contributed by atoms with Gasteiger partial charge in [-0.25, -0.2) is 8.78 Å². The van der Waals surface area contributed by atoms with Crippen LogP contribution in [0.1, 0.15) is 30.1 Å². The van der Waals surface area contributed by atoms with Crippen LogP contribution in [0.5, 0.6) is 0 Å². The number of carbonyl (C=O) groups excluding carboxylic acids is 1. The van der Waals surface area contributed by atoms with Crippen molar-refractivity contribution in [2.24, 2.45) is 5.41 Å². The van der Waals surface area contributed by atoms with E-state index >= 15 is 0 Å². The number of aldehydes is 1. The Balaban J connectivity index is 2.06. The first-order chi connectivity index (χ1) is 11.9. The minimum atomic E-state index is -0.830. The fourth-order valence-electron chi connectivity index (χ4n) is 3.19. The second kappa shape index (κ2) is 6.88. The van der Waals surface area contributed by atoms with Crippen molar-refractivity contribution in [3.63, 3.8) is 0 Å². The van der Waals surface area contributed by atoms with Gasteiger partial charge in [-0.1, -0.05) is 6.92 Å². The number of halogens is 2. The van der Waals surface area contributed by atoms with Crippen molar-refractivity contribution < 1.29 is 18.3 Å². The number of pyridine rings is 1. The zero-order valence-corrected chi connectivity index (χ0v) is 13.9. The Hall–Kier alpha value is -2.34. The molecule has 132 valence electrons. The molecule has 25 heavy (non-hydrogen) atoms. The topological polar surface area (TPSA) is 48.3 Å². The highest BCUT2D eigenvalue weighted by Crippen LogP contribution is 2.32. The summed E-state index contributed by atoms with van der Waals surface area (Å²) in [6.45, 7) is 4.02. The molecule has 0 atom stereocenters. The first-order valence-corrected chi connectivity index (χ1v) is 8.14. The predicted molar refractivity (Wildman–Crippen MR) is 89.6 cm³/mol. The molecule has 1 aromatic carbocycles. The summed E-state index contributed by atoms with van der Waals surface area (Å²) in [6.07, 6.45) is 5.20. The van der Waals surface area contributed by atoms with Gasteiger partial charge in [0.1, 0.15) is 11.6 Å². The quantitative estimate of drug-likeness (QED) is 0.796. The number of hydrogen-bond acceptors (Lipinski definition) is 3. The summed E-state index contributed by atoms with van der Waals surface area (Å²) in [5, 5.41) is 0. The smallest absolute Gasteiger partial charge is 0.199 e. The monoisotopic (exact) mass is 347 g/mol. The van der Waals surface area contributed by atoms with E-state index in [9.17, 15) is 18.4 Å². The number of hydrogen-bond donors (Lipinski definition) is 0. The van der Waals surface area contributed by atoms with Crippen LogP contribution in [0.2, 0.25) is 0 Å². The molecular formula is C19H19F2NO3. The van der Waals surface area contributed by atoms with E-state index in [4.69, 9.17) is 4.74 Å². The van der Waals surface area contributed by atoms with Gasteiger partial charge in [-0.15, -0.1) is 0 Å². The van der Waals surface area contributed by atoms with E-state index in [2.05, 4.69) is 6.92 Å². The van der Waals surface area contributed by atoms with Gasteiger partial charge in [0.15, 0.2) is 11.7 Å². The van der Waals surface area contributed by atoms with Gasteiger partial charge < -0.3 is 9.30 Å². The van der Waals surface area contributed by atoms with Crippen molar-refractivity contribution in [3.05, 3.63) is 58.0 Å². The predicted octanol–water partition coefficient (Wildman–Crippen LogP) is 3.42. The van der Waals surface area contributed by atoms with Crippen molar-refractivity contribution in [2.45, 2.75) is 26.3 Å². The van der Waals surface area contributed by atoms with Gasteiger partial charge in [0, 0.05) is 49.3 Å². The summed E-state index contributed by atoms with van der Waals surface area (Å²) in [4.78, 5) is 23.7. The van der Waals surface area contributed by atoms with Gasteiger partial charge in [-0.2, -0.15) is 0 Å². The maximum absolute atomic E-state index is 14.1. The van der Waals surface area contributed by atoms with Crippen molar-refractivity contribution in [3.8, 4) is 11.1 Å². The third-order valence-corrected chi connectivity index (χ3v) is 4.72. The third kappa shape index (κ3) is 3.69. The first kappa shape index (κ1) is 17.5. The van der Waals surface area contributed by atoms with Gasteiger partial charge >= 0.3 is 0 Å². The molecule has 0 amide bonds. The maximum Gasteiger partial charge on any atom is 0.199 e. The Morgan fingerprint density at radius 1 is 1.20 bits per heavy atom. The van der Waals surface area contributed by atoms with Gasteiger partial charge in [-0.3, -0.25) is 9.59 Å². The van der Waals surface area contributed by atoms with E-state index in [1.165, 1.54) is 18.5 Å². The van der Waals surface area contributed by atoms with Gasteiger partial charge in [0.05, 0.1) is 5.56 Å². The van der Waals surface area contributed by atoms with Gasteiger partial charge in [-0.05, 0) is 30.4 Å². The molecule has 1 aromatic heterocycles. The molecule has 0 saturated carbocycles. The zero-order chi connectivity index (χ0) is 18.0. The minimum Gasteiger partial charge on any atom is -0.381 e. The minimum absolute atomic E-state index is 0.0130. The molecule has 0 bridgehead atoms. The van der Waals surface area contributed by atoms with Crippen LogP contribution >= 0.6 is 0 Å². The molecule has 4 nitrogen and oxygen atoms in total. The third-order valence-electron chi connectivity index (χ3n) is 4.72. The highest BCUT2D eigenvalue weighted by atomic mass is 19.1. The van der Waals surface area contributed by atoms with Crippen molar-refractivity contribution in [2.75, 3.05) is 13.2 Å². The molecule has 1 aliphatic heterocycles. The number of nitrogens with zero attached hydrogens (tertiary/aromatic N) is 1. The lowest BCUT2D eigenvalue weighted by Gasteiger charge is -2.34. The summed E-state index contributed by atoms with van der Waals surface area (Å²) < 4.78 is 34.4. The summed E-state index contributed by atoms with van der Waals surface area (Å²) in [5.74, 6) is -1.55. The number of benzene rings is 1. The molecule has 0 aliphatic carbocycles. The number of ether oxygens (including phenoxy) is 1. The van der Waals surface area contributed by atoms with Gasteiger partial charge in [0.25, 0.3) is 0 Å². The van der Waals surface area contributed by atoms with E-state index in [1.807, 2.05) is 0 Å². The average Bonchev–Trinajstić information content (AvgIpc) is 2.57. The zero-order valence-electron chi connectivity index (χ0n) is 13.9. The van der Waals surface area contributed by atoms with E-state index in [0.29, 0.717) is 26.0 Å². The molecule has 3 rings (SSSR count). The molecule has 0 unspecified atom stereocenters. The van der Waals surface area contributed by atoms with Crippen LogP contribution in [0.3, 0.4) is 0 Å². The lowest BCUT2D eigenvalue weighted by Crippen LogP contribution is -2.31. The molecule has 0 spiro atoms. The fraction of sp³-hybridized carbons (Fsp3) is 0.368. The molecule has 1 aliphatic rings. The van der Waals surface area contributed by atoms with Crippen LogP contribution in [-0.2, 0) is 11.3 Å². The lowest BCUT2D eigenvalue weighted by molar-refractivity contribution is 0.0154. The Morgan fingerprint density at radius 2 is 1.92 bits per heavy atom. The second-order valence-electron chi connectivity index (χ2n) is 6.79. The molecule has 2 heterocycles. The largest absolute Gasteiger partial charge is 0.381 e. The molecule has 2 aromatic rings. The Kier molecular flexibility index (Phi) is 4.81. The lowest BCUT2D eigenvalue weighted by atomic mass is 9.82. The molecule has 6 heteroatoms. The Morgan fingerprint density at radius 3 is 2.56 bits per heavy atom. The van der Waals surface area contributed by atoms with Crippen LogP contribution in [0.25, 0.3) is 11.1 Å². The van der Waals surface area contributed by atoms with Crippen molar-refractivity contribution in [1.82, 2.24) is 4.57 Å². The highest BCUT2D eigenvalue weighted by Gasteiger charge is 2.28. The average molecular weight is 347 g/mol. The van der Waals surface area contributed by atoms with Crippen molar-refractivity contribution in [1.29, 1.82) is 0 Å². The SMILES string of the molecule is CC1(Cn2cc(C=O)c(=O)c(-c3ccc(F)cc3F)c2)CCOCC1. The Labute approximate surface area is 144 Å². The van der Waals surface area contributed by atoms with Crippen LogP contribution in [0.4, 0.5) is 8.78 Å². The van der Waals surface area contributed by atoms with Crippen LogP contribution in [-0.4, -0.2) is 24.1 Å². The Bertz CT molecular complexity index is 854. The van der Waals surface area contributed by atoms with Crippen LogP contribution in [0, 0.1) is 17.0 Å². The standard InChI is InChI=1S/C19H19F2NO3/c1-19(4-6-25-7-5-19)12-22-9-13(11-23)18(24)16(10-22)15-3-2-14(20)8-17(15)21/h2-3,8-11H,4-7,12H2,1H3. The van der Waals surface area contributed by atoms with E-state index < -0.39 is 17.1 Å². The fourth-order valence-corrected chi connectivity index (χ4v) is 3.19. The summed E-state index contributed by atoms with van der Waals surface area (Å²) >= 11 is 0. The van der Waals surface area contributed by atoms with Crippen LogP contribution in [0.15, 0.2) is 35.4 Å². The van der Waals surface area contributed by atoms with Gasteiger partial charge in [0.2, 0.25) is 0 Å². The highest BCUT2D eigenvalue weighted by molar-refractivity contribution is 5.78. The van der Waals surface area contributed by atoms with E-state index in [-0.39, 0.29) is 22.1 Å². The summed E-state index contributed by atoms with van der Waals surface area (Å²) in [7, 11) is 0. The summed E-state index contributed by atoms with van der Waals surface area (Å²) in [5.41, 5.74) is -0.601. The normalized spacial score (nSPS) is 16.6. The number of carbonyl (C=O) groups is 1. The maximum atomic E-state index is 14.1. The molecule has 0 N–H and O–H groups in total. The number of aromatic nitrogens is 1. The second-order valence-corrected chi connectivity index (χ2v) is 6.79. The van der Waals surface area contributed by atoms with E-state index in [1.54, 1.807) is 4.57 Å². The van der Waals surface area contributed by atoms with Crippen molar-refractivity contribution >= 4 is 6.29 Å². The molecule has 0 radical (unpaired) electrons.